The van der Waals surface area contributed by atoms with E-state index in [4.69, 9.17) is 5.11 Å². The van der Waals surface area contributed by atoms with Crippen molar-refractivity contribution in [3.63, 3.8) is 0 Å². The monoisotopic (exact) mass is 266 g/mol. The SMILES string of the molecule is CCCCCCCC/C=C/CC1NC=CN1CCO. The van der Waals surface area contributed by atoms with Crippen molar-refractivity contribution in [2.75, 3.05) is 13.2 Å². The summed E-state index contributed by atoms with van der Waals surface area (Å²) in [5.74, 6) is 0. The number of unbranched alkanes of at least 4 members (excludes halogenated alkanes) is 6. The van der Waals surface area contributed by atoms with Crippen molar-refractivity contribution < 1.29 is 5.11 Å². The van der Waals surface area contributed by atoms with Gasteiger partial charge in [-0.2, -0.15) is 0 Å². The van der Waals surface area contributed by atoms with Crippen LogP contribution in [0.3, 0.4) is 0 Å². The summed E-state index contributed by atoms with van der Waals surface area (Å²) in [7, 11) is 0. The molecule has 1 aliphatic heterocycles. The van der Waals surface area contributed by atoms with Crippen LogP contribution in [0, 0.1) is 0 Å². The first-order chi connectivity index (χ1) is 9.38. The molecule has 0 amide bonds. The lowest BCUT2D eigenvalue weighted by Gasteiger charge is -2.23. The molecule has 0 saturated heterocycles. The highest BCUT2D eigenvalue weighted by atomic mass is 16.3. The molecule has 19 heavy (non-hydrogen) atoms. The second-order valence-corrected chi connectivity index (χ2v) is 5.22. The zero-order valence-electron chi connectivity index (χ0n) is 12.4. The maximum Gasteiger partial charge on any atom is 0.102 e. The molecule has 0 radical (unpaired) electrons. The van der Waals surface area contributed by atoms with Gasteiger partial charge >= 0.3 is 0 Å². The van der Waals surface area contributed by atoms with Crippen LogP contribution in [0.5, 0.6) is 0 Å². The van der Waals surface area contributed by atoms with Crippen LogP contribution in [0.4, 0.5) is 0 Å². The van der Waals surface area contributed by atoms with Crippen molar-refractivity contribution in [3.8, 4) is 0 Å². The maximum atomic E-state index is 8.95. The Morgan fingerprint density at radius 1 is 1.16 bits per heavy atom. The molecule has 0 aliphatic carbocycles. The Kier molecular flexibility index (Phi) is 9.25. The molecule has 0 aromatic rings. The van der Waals surface area contributed by atoms with Gasteiger partial charge in [0.1, 0.15) is 6.17 Å². The van der Waals surface area contributed by atoms with E-state index in [0.717, 1.165) is 6.42 Å². The van der Waals surface area contributed by atoms with Gasteiger partial charge in [-0.15, -0.1) is 0 Å². The lowest BCUT2D eigenvalue weighted by Crippen LogP contribution is -2.36. The smallest absolute Gasteiger partial charge is 0.102 e. The van der Waals surface area contributed by atoms with Crippen LogP contribution in [0.1, 0.15) is 58.3 Å². The fraction of sp³-hybridized carbons (Fsp3) is 0.750. The minimum atomic E-state index is 0.212. The van der Waals surface area contributed by atoms with Crippen molar-refractivity contribution in [2.45, 2.75) is 64.5 Å². The molecule has 0 spiro atoms. The second-order valence-electron chi connectivity index (χ2n) is 5.22. The summed E-state index contributed by atoms with van der Waals surface area (Å²) in [4.78, 5) is 2.15. The lowest BCUT2D eigenvalue weighted by molar-refractivity contribution is 0.202. The number of aliphatic hydroxyl groups is 1. The molecule has 0 aromatic heterocycles. The zero-order chi connectivity index (χ0) is 13.8. The Hall–Kier alpha value is -0.960. The maximum absolute atomic E-state index is 8.95. The number of rotatable bonds is 11. The van der Waals surface area contributed by atoms with Gasteiger partial charge in [-0.25, -0.2) is 0 Å². The average molecular weight is 266 g/mol. The van der Waals surface area contributed by atoms with Gasteiger partial charge in [-0.3, -0.25) is 0 Å². The number of aliphatic hydroxyl groups excluding tert-OH is 1. The van der Waals surface area contributed by atoms with Crippen molar-refractivity contribution in [3.05, 3.63) is 24.6 Å². The average Bonchev–Trinajstić information content (AvgIpc) is 2.85. The molecular formula is C16H30N2O. The molecule has 1 rings (SSSR count). The van der Waals surface area contributed by atoms with E-state index in [0.29, 0.717) is 12.7 Å². The van der Waals surface area contributed by atoms with Crippen molar-refractivity contribution in [2.24, 2.45) is 0 Å². The topological polar surface area (TPSA) is 35.5 Å². The fourth-order valence-electron chi connectivity index (χ4n) is 2.38. The number of hydrogen-bond acceptors (Lipinski definition) is 3. The molecule has 0 bridgehead atoms. The summed E-state index contributed by atoms with van der Waals surface area (Å²) in [5.41, 5.74) is 0. The first kappa shape index (κ1) is 16.1. The van der Waals surface area contributed by atoms with Gasteiger partial charge < -0.3 is 15.3 Å². The van der Waals surface area contributed by atoms with E-state index in [1.54, 1.807) is 0 Å². The number of nitrogens with one attached hydrogen (secondary N) is 1. The van der Waals surface area contributed by atoms with E-state index in [9.17, 15) is 0 Å². The molecule has 0 saturated carbocycles. The van der Waals surface area contributed by atoms with Gasteiger partial charge in [0.05, 0.1) is 6.61 Å². The van der Waals surface area contributed by atoms with E-state index in [-0.39, 0.29) is 6.61 Å². The third kappa shape index (κ3) is 7.26. The molecule has 0 aromatic carbocycles. The largest absolute Gasteiger partial charge is 0.395 e. The highest BCUT2D eigenvalue weighted by molar-refractivity contribution is 4.97. The minimum absolute atomic E-state index is 0.212. The highest BCUT2D eigenvalue weighted by Gasteiger charge is 2.15. The van der Waals surface area contributed by atoms with E-state index in [1.807, 2.05) is 12.4 Å². The van der Waals surface area contributed by atoms with Crippen LogP contribution in [-0.4, -0.2) is 29.3 Å². The molecular weight excluding hydrogens is 236 g/mol. The molecule has 3 nitrogen and oxygen atoms in total. The first-order valence-electron chi connectivity index (χ1n) is 7.82. The molecule has 1 unspecified atom stereocenters. The summed E-state index contributed by atoms with van der Waals surface area (Å²) in [6.45, 7) is 3.18. The molecule has 3 heteroatoms. The third-order valence-electron chi connectivity index (χ3n) is 3.56. The Morgan fingerprint density at radius 2 is 1.95 bits per heavy atom. The number of allylic oxidation sites excluding steroid dienone is 1. The molecule has 0 fully saturated rings. The van der Waals surface area contributed by atoms with Crippen LogP contribution in [0.2, 0.25) is 0 Å². The summed E-state index contributed by atoms with van der Waals surface area (Å²) < 4.78 is 0. The number of β-amino-alcohol motifs (C(OH)–C–C–N with tert-alkyl or cyclic N) is 1. The first-order valence-corrected chi connectivity index (χ1v) is 7.82. The molecule has 1 aliphatic rings. The van der Waals surface area contributed by atoms with Crippen LogP contribution >= 0.6 is 0 Å². The van der Waals surface area contributed by atoms with Crippen LogP contribution in [0.15, 0.2) is 24.6 Å². The standard InChI is InChI=1S/C16H30N2O/c1-2-3-4-5-6-7-8-9-10-11-16-17-12-13-18(16)14-15-19/h9-10,12-13,16-17,19H,2-8,11,14-15H2,1H3/b10-9+. The van der Waals surface area contributed by atoms with E-state index in [2.05, 4.69) is 29.3 Å². The van der Waals surface area contributed by atoms with Crippen molar-refractivity contribution >= 4 is 0 Å². The number of hydrogen-bond donors (Lipinski definition) is 2. The Labute approximate surface area is 118 Å². The predicted octanol–water partition coefficient (Wildman–Crippen LogP) is 3.38. The second kappa shape index (κ2) is 10.9. The van der Waals surface area contributed by atoms with Crippen molar-refractivity contribution in [1.29, 1.82) is 0 Å². The van der Waals surface area contributed by atoms with Crippen LogP contribution in [0.25, 0.3) is 0 Å². The zero-order valence-corrected chi connectivity index (χ0v) is 12.4. The highest BCUT2D eigenvalue weighted by Crippen LogP contribution is 2.10. The summed E-state index contributed by atoms with van der Waals surface area (Å²) in [5, 5.41) is 12.3. The lowest BCUT2D eigenvalue weighted by atomic mass is 10.1. The Bertz CT molecular complexity index is 263. The Morgan fingerprint density at radius 3 is 2.74 bits per heavy atom. The van der Waals surface area contributed by atoms with Gasteiger partial charge in [0.2, 0.25) is 0 Å². The summed E-state index contributed by atoms with van der Waals surface area (Å²) in [6.07, 6.45) is 19.3. The van der Waals surface area contributed by atoms with Gasteiger partial charge in [0, 0.05) is 25.4 Å². The van der Waals surface area contributed by atoms with Crippen LogP contribution < -0.4 is 5.32 Å². The minimum Gasteiger partial charge on any atom is -0.395 e. The van der Waals surface area contributed by atoms with Crippen molar-refractivity contribution in [1.82, 2.24) is 10.2 Å². The number of nitrogens with zero attached hydrogens (tertiary/aromatic N) is 1. The molecule has 1 heterocycles. The normalized spacial score (nSPS) is 18.4. The quantitative estimate of drug-likeness (QED) is 0.444. The van der Waals surface area contributed by atoms with Crippen LogP contribution in [-0.2, 0) is 0 Å². The summed E-state index contributed by atoms with van der Waals surface area (Å²) >= 11 is 0. The molecule has 2 N–H and O–H groups in total. The molecule has 1 atom stereocenters. The van der Waals surface area contributed by atoms with E-state index < -0.39 is 0 Å². The summed E-state index contributed by atoms with van der Waals surface area (Å²) in [6, 6.07) is 0. The Balaban J connectivity index is 1.98. The van der Waals surface area contributed by atoms with Gasteiger partial charge in [-0.1, -0.05) is 51.2 Å². The van der Waals surface area contributed by atoms with Gasteiger partial charge in [-0.05, 0) is 12.8 Å². The fourth-order valence-corrected chi connectivity index (χ4v) is 2.38. The van der Waals surface area contributed by atoms with Gasteiger partial charge in [0.25, 0.3) is 0 Å². The third-order valence-corrected chi connectivity index (χ3v) is 3.56. The molecule has 110 valence electrons. The van der Waals surface area contributed by atoms with Gasteiger partial charge in [0.15, 0.2) is 0 Å². The van der Waals surface area contributed by atoms with E-state index >= 15 is 0 Å². The predicted molar refractivity (Wildman–Crippen MR) is 81.6 cm³/mol. The van der Waals surface area contributed by atoms with E-state index in [1.165, 1.54) is 44.9 Å².